The van der Waals surface area contributed by atoms with E-state index in [0.29, 0.717) is 5.78 Å². The Balaban J connectivity index is 1.67. The summed E-state index contributed by atoms with van der Waals surface area (Å²) in [5.41, 5.74) is 2.36. The Hall–Kier alpha value is -2.48. The second-order valence-corrected chi connectivity index (χ2v) is 7.23. The van der Waals surface area contributed by atoms with E-state index in [1.807, 2.05) is 6.07 Å². The highest BCUT2D eigenvalue weighted by molar-refractivity contribution is 7.92. The summed E-state index contributed by atoms with van der Waals surface area (Å²) in [6.07, 6.45) is 7.44. The van der Waals surface area contributed by atoms with Gasteiger partial charge in [0.1, 0.15) is 0 Å². The van der Waals surface area contributed by atoms with Gasteiger partial charge in [-0.15, -0.1) is 5.10 Å². The predicted octanol–water partition coefficient (Wildman–Crippen LogP) is 1.80. The van der Waals surface area contributed by atoms with Crippen molar-refractivity contribution in [3.05, 3.63) is 47.8 Å². The third kappa shape index (κ3) is 2.65. The van der Waals surface area contributed by atoms with Gasteiger partial charge in [0, 0.05) is 12.4 Å². The molecule has 0 unspecified atom stereocenters. The summed E-state index contributed by atoms with van der Waals surface area (Å²) in [5, 5.41) is 4.06. The molecule has 0 bridgehead atoms. The molecule has 0 fully saturated rings. The van der Waals surface area contributed by atoms with E-state index in [-0.39, 0.29) is 10.8 Å². The SMILES string of the molecule is O=S(=O)(Nc1nc2ncccn2n1)c1ccc2c(c1)CCCC2. The number of hydrogen-bond donors (Lipinski definition) is 1. The molecule has 118 valence electrons. The molecular formula is C15H15N5O2S. The minimum Gasteiger partial charge on any atom is -0.246 e. The van der Waals surface area contributed by atoms with E-state index in [2.05, 4.69) is 19.8 Å². The molecule has 1 aromatic carbocycles. The first kappa shape index (κ1) is 14.1. The molecule has 0 saturated heterocycles. The van der Waals surface area contributed by atoms with E-state index < -0.39 is 10.0 Å². The predicted molar refractivity (Wildman–Crippen MR) is 84.7 cm³/mol. The molecule has 23 heavy (non-hydrogen) atoms. The lowest BCUT2D eigenvalue weighted by Gasteiger charge is -2.16. The zero-order valence-electron chi connectivity index (χ0n) is 12.3. The molecule has 1 N–H and O–H groups in total. The first-order chi connectivity index (χ1) is 11.1. The summed E-state index contributed by atoms with van der Waals surface area (Å²) >= 11 is 0. The van der Waals surface area contributed by atoms with Gasteiger partial charge in [0.2, 0.25) is 0 Å². The van der Waals surface area contributed by atoms with E-state index in [0.717, 1.165) is 31.2 Å². The summed E-state index contributed by atoms with van der Waals surface area (Å²) in [7, 11) is -3.71. The van der Waals surface area contributed by atoms with E-state index in [4.69, 9.17) is 0 Å². The van der Waals surface area contributed by atoms with Gasteiger partial charge in [0.05, 0.1) is 4.90 Å². The standard InChI is InChI=1S/C15H15N5O2S/c21-23(22,13-7-6-11-4-1-2-5-12(11)10-13)19-14-17-15-16-8-3-9-20(15)18-14/h3,6-10H,1-2,4-5H2,(H,18,19). The van der Waals surface area contributed by atoms with E-state index in [1.165, 1.54) is 10.1 Å². The highest BCUT2D eigenvalue weighted by atomic mass is 32.2. The average Bonchev–Trinajstić information content (AvgIpc) is 2.95. The molecule has 0 amide bonds. The smallest absolute Gasteiger partial charge is 0.246 e. The molecule has 1 aliphatic rings. The fourth-order valence-electron chi connectivity index (χ4n) is 2.83. The molecule has 2 heterocycles. The lowest BCUT2D eigenvalue weighted by atomic mass is 9.92. The molecule has 3 aromatic rings. The number of sulfonamides is 1. The molecular weight excluding hydrogens is 314 g/mol. The van der Waals surface area contributed by atoms with Crippen molar-refractivity contribution in [2.75, 3.05) is 4.72 Å². The maximum absolute atomic E-state index is 12.5. The number of nitrogens with zero attached hydrogens (tertiary/aromatic N) is 4. The highest BCUT2D eigenvalue weighted by Crippen LogP contribution is 2.24. The number of aromatic nitrogens is 4. The van der Waals surface area contributed by atoms with Gasteiger partial charge >= 0.3 is 0 Å². The number of fused-ring (bicyclic) bond motifs is 2. The van der Waals surface area contributed by atoms with Crippen LogP contribution >= 0.6 is 0 Å². The maximum Gasteiger partial charge on any atom is 0.264 e. The number of hydrogen-bond acceptors (Lipinski definition) is 5. The van der Waals surface area contributed by atoms with Gasteiger partial charge in [-0.05, 0) is 55.0 Å². The van der Waals surface area contributed by atoms with Crippen molar-refractivity contribution in [1.82, 2.24) is 19.6 Å². The maximum atomic E-state index is 12.5. The lowest BCUT2D eigenvalue weighted by molar-refractivity contribution is 0.600. The Kier molecular flexibility index (Phi) is 3.26. The Morgan fingerprint density at radius 3 is 2.78 bits per heavy atom. The lowest BCUT2D eigenvalue weighted by Crippen LogP contribution is -2.15. The summed E-state index contributed by atoms with van der Waals surface area (Å²) < 4.78 is 28.9. The Morgan fingerprint density at radius 1 is 1.13 bits per heavy atom. The monoisotopic (exact) mass is 329 g/mol. The molecule has 1 aliphatic carbocycles. The van der Waals surface area contributed by atoms with Crippen molar-refractivity contribution in [2.24, 2.45) is 0 Å². The zero-order chi connectivity index (χ0) is 15.9. The van der Waals surface area contributed by atoms with E-state index in [1.54, 1.807) is 30.6 Å². The molecule has 0 atom stereocenters. The number of anilines is 1. The second kappa shape index (κ2) is 5.31. The molecule has 0 aliphatic heterocycles. The average molecular weight is 329 g/mol. The minimum atomic E-state index is -3.71. The summed E-state index contributed by atoms with van der Waals surface area (Å²) in [5.74, 6) is 0.358. The fourth-order valence-corrected chi connectivity index (χ4v) is 3.82. The largest absolute Gasteiger partial charge is 0.264 e. The van der Waals surface area contributed by atoms with Crippen LogP contribution in [0.15, 0.2) is 41.6 Å². The van der Waals surface area contributed by atoms with Gasteiger partial charge in [0.15, 0.2) is 0 Å². The van der Waals surface area contributed by atoms with Crippen molar-refractivity contribution in [3.8, 4) is 0 Å². The topological polar surface area (TPSA) is 89.2 Å². The van der Waals surface area contributed by atoms with Crippen molar-refractivity contribution >= 4 is 21.7 Å². The van der Waals surface area contributed by atoms with Crippen molar-refractivity contribution in [1.29, 1.82) is 0 Å². The van der Waals surface area contributed by atoms with Crippen LogP contribution in [0.5, 0.6) is 0 Å². The van der Waals surface area contributed by atoms with Crippen LogP contribution in [-0.4, -0.2) is 28.0 Å². The third-order valence-corrected chi connectivity index (χ3v) is 5.30. The normalized spacial score (nSPS) is 14.6. The molecule has 0 radical (unpaired) electrons. The number of benzene rings is 1. The van der Waals surface area contributed by atoms with Gasteiger partial charge in [-0.2, -0.15) is 4.98 Å². The van der Waals surface area contributed by atoms with Gasteiger partial charge in [-0.3, -0.25) is 0 Å². The van der Waals surface area contributed by atoms with Crippen LogP contribution in [0.3, 0.4) is 0 Å². The molecule has 0 saturated carbocycles. The number of nitrogens with one attached hydrogen (secondary N) is 1. The molecule has 8 heteroatoms. The quantitative estimate of drug-likeness (QED) is 0.791. The minimum absolute atomic E-state index is 0.0152. The van der Waals surface area contributed by atoms with Crippen molar-refractivity contribution in [2.45, 2.75) is 30.6 Å². The van der Waals surface area contributed by atoms with Gasteiger partial charge < -0.3 is 0 Å². The zero-order valence-corrected chi connectivity index (χ0v) is 13.1. The van der Waals surface area contributed by atoms with Gasteiger partial charge in [0.25, 0.3) is 21.7 Å². The number of aryl methyl sites for hydroxylation is 2. The molecule has 7 nitrogen and oxygen atoms in total. The van der Waals surface area contributed by atoms with Crippen molar-refractivity contribution < 1.29 is 8.42 Å². The van der Waals surface area contributed by atoms with Crippen molar-refractivity contribution in [3.63, 3.8) is 0 Å². The molecule has 2 aromatic heterocycles. The summed E-state index contributed by atoms with van der Waals surface area (Å²) in [4.78, 5) is 8.32. The fraction of sp³-hybridized carbons (Fsp3) is 0.267. The van der Waals surface area contributed by atoms with Gasteiger partial charge in [-0.1, -0.05) is 6.07 Å². The first-order valence-electron chi connectivity index (χ1n) is 7.44. The van der Waals surface area contributed by atoms with Crippen LogP contribution in [0.4, 0.5) is 5.95 Å². The Morgan fingerprint density at radius 2 is 1.96 bits per heavy atom. The second-order valence-electron chi connectivity index (χ2n) is 5.54. The molecule has 4 rings (SSSR count). The Labute approximate surface area is 133 Å². The Bertz CT molecular complexity index is 947. The number of rotatable bonds is 3. The van der Waals surface area contributed by atoms with Crippen LogP contribution in [0.1, 0.15) is 24.0 Å². The van der Waals surface area contributed by atoms with E-state index in [9.17, 15) is 8.42 Å². The van der Waals surface area contributed by atoms with Crippen LogP contribution in [0.25, 0.3) is 5.78 Å². The molecule has 0 spiro atoms. The van der Waals surface area contributed by atoms with E-state index >= 15 is 0 Å². The summed E-state index contributed by atoms with van der Waals surface area (Å²) in [6, 6.07) is 7.00. The van der Waals surface area contributed by atoms with Crippen LogP contribution in [0, 0.1) is 0 Å². The third-order valence-electron chi connectivity index (χ3n) is 3.97. The summed E-state index contributed by atoms with van der Waals surface area (Å²) in [6.45, 7) is 0. The first-order valence-corrected chi connectivity index (χ1v) is 8.92. The van der Waals surface area contributed by atoms with Gasteiger partial charge in [-0.25, -0.2) is 22.6 Å². The van der Waals surface area contributed by atoms with Crippen LogP contribution in [0.2, 0.25) is 0 Å². The highest BCUT2D eigenvalue weighted by Gasteiger charge is 2.19. The van der Waals surface area contributed by atoms with Crippen LogP contribution in [-0.2, 0) is 22.9 Å². The van der Waals surface area contributed by atoms with Crippen LogP contribution < -0.4 is 4.72 Å².